The molecule has 1 nitrogen and oxygen atoms in total. The first-order chi connectivity index (χ1) is 5.24. The molecule has 62 valence electrons. The van der Waals surface area contributed by atoms with Gasteiger partial charge in [-0.15, -0.1) is 0 Å². The highest BCUT2D eigenvalue weighted by molar-refractivity contribution is 5.77. The molecule has 0 aromatic heterocycles. The normalized spacial score (nSPS) is 22.6. The third kappa shape index (κ3) is 2.87. The van der Waals surface area contributed by atoms with Crippen molar-refractivity contribution < 1.29 is 0 Å². The quantitative estimate of drug-likeness (QED) is 0.550. The summed E-state index contributed by atoms with van der Waals surface area (Å²) in [4.78, 5) is 4.46. The molecular weight excluding hydrogens is 134 g/mol. The predicted octanol–water partition coefficient (Wildman–Crippen LogP) is 2.82. The van der Waals surface area contributed by atoms with Crippen molar-refractivity contribution in [1.82, 2.24) is 0 Å². The summed E-state index contributed by atoms with van der Waals surface area (Å²) in [6.45, 7) is 6.34. The summed E-state index contributed by atoms with van der Waals surface area (Å²) in [7, 11) is 0. The minimum atomic E-state index is 0.546. The Balaban J connectivity index is 2.32. The molecule has 0 heterocycles. The zero-order chi connectivity index (χ0) is 8.27. The lowest BCUT2D eigenvalue weighted by molar-refractivity contribution is 0.655. The maximum atomic E-state index is 4.46. The van der Waals surface area contributed by atoms with Crippen molar-refractivity contribution in [2.24, 2.45) is 10.9 Å². The highest BCUT2D eigenvalue weighted by Crippen LogP contribution is 2.33. The number of hydrogen-bond acceptors (Lipinski definition) is 1. The van der Waals surface area contributed by atoms with E-state index in [0.29, 0.717) is 6.04 Å². The molecule has 1 atom stereocenters. The third-order valence-corrected chi connectivity index (χ3v) is 2.27. The largest absolute Gasteiger partial charge is 0.290 e. The molecule has 0 aliphatic heterocycles. The van der Waals surface area contributed by atoms with Gasteiger partial charge in [0.25, 0.3) is 0 Å². The standard InChI is InChI=1S/C10H17N/c1-4-8(2)7-11-9(3)10-5-6-10/h4,7,9-10H,5-6H2,1-3H3/b8-4-,11-7?. The van der Waals surface area contributed by atoms with Crippen LogP contribution in [0.3, 0.4) is 0 Å². The molecule has 0 amide bonds. The smallest absolute Gasteiger partial charge is 0.0499 e. The van der Waals surface area contributed by atoms with E-state index in [0.717, 1.165) is 5.92 Å². The van der Waals surface area contributed by atoms with Gasteiger partial charge in [0.2, 0.25) is 0 Å². The number of nitrogens with zero attached hydrogens (tertiary/aromatic N) is 1. The molecule has 11 heavy (non-hydrogen) atoms. The van der Waals surface area contributed by atoms with Gasteiger partial charge in [-0.25, -0.2) is 0 Å². The van der Waals surface area contributed by atoms with Crippen molar-refractivity contribution in [3.05, 3.63) is 11.6 Å². The Morgan fingerprint density at radius 1 is 1.55 bits per heavy atom. The summed E-state index contributed by atoms with van der Waals surface area (Å²) < 4.78 is 0. The highest BCUT2D eigenvalue weighted by atomic mass is 14.8. The van der Waals surface area contributed by atoms with Crippen molar-refractivity contribution in [1.29, 1.82) is 0 Å². The second kappa shape index (κ2) is 3.70. The summed E-state index contributed by atoms with van der Waals surface area (Å²) in [6.07, 6.45) is 6.84. The van der Waals surface area contributed by atoms with E-state index in [1.54, 1.807) is 0 Å². The van der Waals surface area contributed by atoms with Crippen LogP contribution in [0, 0.1) is 5.92 Å². The molecule has 1 aliphatic carbocycles. The Labute approximate surface area is 69.2 Å². The average molecular weight is 151 g/mol. The van der Waals surface area contributed by atoms with Crippen LogP contribution in [0.2, 0.25) is 0 Å². The fraction of sp³-hybridized carbons (Fsp3) is 0.700. The topological polar surface area (TPSA) is 12.4 Å². The zero-order valence-corrected chi connectivity index (χ0v) is 7.67. The van der Waals surface area contributed by atoms with Gasteiger partial charge in [-0.1, -0.05) is 6.08 Å². The van der Waals surface area contributed by atoms with Crippen LogP contribution in [0.15, 0.2) is 16.6 Å². The van der Waals surface area contributed by atoms with Crippen molar-refractivity contribution >= 4 is 6.21 Å². The number of rotatable bonds is 3. The predicted molar refractivity (Wildman–Crippen MR) is 50.1 cm³/mol. The molecule has 1 fully saturated rings. The van der Waals surface area contributed by atoms with E-state index in [1.165, 1.54) is 18.4 Å². The van der Waals surface area contributed by atoms with Crippen molar-refractivity contribution in [2.75, 3.05) is 0 Å². The first kappa shape index (κ1) is 8.51. The maximum Gasteiger partial charge on any atom is 0.0499 e. The van der Waals surface area contributed by atoms with Gasteiger partial charge < -0.3 is 0 Å². The van der Waals surface area contributed by atoms with Crippen molar-refractivity contribution in [3.63, 3.8) is 0 Å². The average Bonchev–Trinajstić information content (AvgIpc) is 2.81. The first-order valence-corrected chi connectivity index (χ1v) is 4.40. The number of allylic oxidation sites excluding steroid dienone is 2. The van der Waals surface area contributed by atoms with Gasteiger partial charge >= 0.3 is 0 Å². The fourth-order valence-corrected chi connectivity index (χ4v) is 1.01. The van der Waals surface area contributed by atoms with E-state index in [9.17, 15) is 0 Å². The van der Waals surface area contributed by atoms with Gasteiger partial charge in [-0.3, -0.25) is 4.99 Å². The van der Waals surface area contributed by atoms with Gasteiger partial charge in [0.05, 0.1) is 0 Å². The van der Waals surface area contributed by atoms with E-state index in [2.05, 4.69) is 24.9 Å². The van der Waals surface area contributed by atoms with Crippen LogP contribution in [-0.4, -0.2) is 12.3 Å². The van der Waals surface area contributed by atoms with E-state index in [1.807, 2.05) is 13.1 Å². The molecule has 0 bridgehead atoms. The van der Waals surface area contributed by atoms with Crippen molar-refractivity contribution in [3.8, 4) is 0 Å². The van der Waals surface area contributed by atoms with Gasteiger partial charge in [0.1, 0.15) is 0 Å². The summed E-state index contributed by atoms with van der Waals surface area (Å²) >= 11 is 0. The van der Waals surface area contributed by atoms with Crippen LogP contribution in [0.4, 0.5) is 0 Å². The third-order valence-electron chi connectivity index (χ3n) is 2.27. The molecule has 1 heteroatoms. The van der Waals surface area contributed by atoms with Crippen molar-refractivity contribution in [2.45, 2.75) is 39.7 Å². The lowest BCUT2D eigenvalue weighted by atomic mass is 10.2. The summed E-state index contributed by atoms with van der Waals surface area (Å²) in [5.41, 5.74) is 1.26. The van der Waals surface area contributed by atoms with Gasteiger partial charge in [-0.2, -0.15) is 0 Å². The fourth-order valence-electron chi connectivity index (χ4n) is 1.01. The molecule has 1 aliphatic rings. The Morgan fingerprint density at radius 2 is 2.18 bits per heavy atom. The Morgan fingerprint density at radius 3 is 2.64 bits per heavy atom. The second-order valence-corrected chi connectivity index (χ2v) is 3.39. The molecule has 1 saturated carbocycles. The Hall–Kier alpha value is -0.590. The van der Waals surface area contributed by atoms with E-state index in [4.69, 9.17) is 0 Å². The van der Waals surface area contributed by atoms with E-state index in [-0.39, 0.29) is 0 Å². The van der Waals surface area contributed by atoms with Crippen LogP contribution < -0.4 is 0 Å². The van der Waals surface area contributed by atoms with E-state index < -0.39 is 0 Å². The highest BCUT2D eigenvalue weighted by Gasteiger charge is 2.26. The zero-order valence-electron chi connectivity index (χ0n) is 7.67. The molecule has 0 spiro atoms. The molecule has 1 rings (SSSR count). The van der Waals surface area contributed by atoms with E-state index >= 15 is 0 Å². The maximum absolute atomic E-state index is 4.46. The Bertz CT molecular complexity index is 175. The number of hydrogen-bond donors (Lipinski definition) is 0. The minimum Gasteiger partial charge on any atom is -0.290 e. The molecule has 1 unspecified atom stereocenters. The van der Waals surface area contributed by atoms with Gasteiger partial charge in [0, 0.05) is 12.3 Å². The SMILES string of the molecule is C/C=C(/C)C=NC(C)C1CC1. The van der Waals surface area contributed by atoms with Crippen LogP contribution in [0.5, 0.6) is 0 Å². The minimum absolute atomic E-state index is 0.546. The lowest BCUT2D eigenvalue weighted by Crippen LogP contribution is -2.00. The first-order valence-electron chi connectivity index (χ1n) is 4.40. The van der Waals surface area contributed by atoms with Crippen LogP contribution >= 0.6 is 0 Å². The van der Waals surface area contributed by atoms with Crippen LogP contribution in [0.1, 0.15) is 33.6 Å². The molecule has 0 saturated heterocycles. The molecule has 0 radical (unpaired) electrons. The Kier molecular flexibility index (Phi) is 2.86. The van der Waals surface area contributed by atoms with Crippen LogP contribution in [-0.2, 0) is 0 Å². The second-order valence-electron chi connectivity index (χ2n) is 3.39. The van der Waals surface area contributed by atoms with Gasteiger partial charge in [0.15, 0.2) is 0 Å². The summed E-state index contributed by atoms with van der Waals surface area (Å²) in [5.74, 6) is 0.885. The molecule has 0 N–H and O–H groups in total. The molecule has 0 aromatic rings. The lowest BCUT2D eigenvalue weighted by Gasteiger charge is -2.01. The summed E-state index contributed by atoms with van der Waals surface area (Å²) in [6, 6.07) is 0.546. The molecule has 0 aromatic carbocycles. The molecular formula is C10H17N. The van der Waals surface area contributed by atoms with Crippen LogP contribution in [0.25, 0.3) is 0 Å². The number of aliphatic imine (C=N–C) groups is 1. The monoisotopic (exact) mass is 151 g/mol. The summed E-state index contributed by atoms with van der Waals surface area (Å²) in [5, 5.41) is 0. The van der Waals surface area contributed by atoms with Gasteiger partial charge in [-0.05, 0) is 45.1 Å².